The number of carbonyl (C=O) groups excluding carboxylic acids is 2. The lowest BCUT2D eigenvalue weighted by molar-refractivity contribution is -0.119. The fraction of sp³-hybridized carbons (Fsp3) is 0.778. The molecular weight excluding hydrogens is 280 g/mol. The third-order valence-corrected chi connectivity index (χ3v) is 5.60. The van der Waals surface area contributed by atoms with Crippen LogP contribution in [0.3, 0.4) is 0 Å². The Morgan fingerprint density at radius 1 is 1.19 bits per heavy atom. The summed E-state index contributed by atoms with van der Waals surface area (Å²) < 4.78 is 0. The van der Waals surface area contributed by atoms with Gasteiger partial charge in [-0.3, -0.25) is 14.7 Å². The summed E-state index contributed by atoms with van der Waals surface area (Å²) in [7, 11) is 8.26. The summed E-state index contributed by atoms with van der Waals surface area (Å²) >= 11 is 0. The van der Waals surface area contributed by atoms with Crippen LogP contribution in [-0.4, -0.2) is 35.3 Å². The van der Waals surface area contributed by atoms with Gasteiger partial charge in [-0.1, -0.05) is 31.0 Å². The van der Waals surface area contributed by atoms with Gasteiger partial charge in [-0.2, -0.15) is 0 Å². The molecule has 0 saturated heterocycles. The summed E-state index contributed by atoms with van der Waals surface area (Å²) in [5.41, 5.74) is 0. The molecule has 0 aliphatic heterocycles. The van der Waals surface area contributed by atoms with Crippen LogP contribution in [0.25, 0.3) is 0 Å². The van der Waals surface area contributed by atoms with E-state index in [2.05, 4.69) is 23.7 Å². The third-order valence-electron chi connectivity index (χ3n) is 2.14. The summed E-state index contributed by atoms with van der Waals surface area (Å²) in [5.74, 6) is 2.02. The first-order valence-electron chi connectivity index (χ1n) is 4.94. The molecule has 0 saturated carbocycles. The van der Waals surface area contributed by atoms with Crippen molar-refractivity contribution in [1.29, 1.82) is 0 Å². The van der Waals surface area contributed by atoms with E-state index in [1.165, 1.54) is 0 Å². The second kappa shape index (κ2) is 9.85. The van der Waals surface area contributed by atoms with Crippen molar-refractivity contribution in [2.45, 2.75) is 19.9 Å². The van der Waals surface area contributed by atoms with Crippen molar-refractivity contribution < 1.29 is 9.59 Å². The average Bonchev–Trinajstić information content (AvgIpc) is 2.22. The number of ketones is 2. The summed E-state index contributed by atoms with van der Waals surface area (Å²) in [6.07, 6.45) is 0.806. The lowest BCUT2D eigenvalue weighted by Crippen LogP contribution is -2.30. The minimum atomic E-state index is -0.116. The van der Waals surface area contributed by atoms with E-state index in [1.807, 2.05) is 0 Å². The van der Waals surface area contributed by atoms with Gasteiger partial charge in [0.25, 0.3) is 0 Å². The summed E-state index contributed by atoms with van der Waals surface area (Å²) in [4.78, 5) is 22.3. The molecule has 3 nitrogen and oxygen atoms in total. The Morgan fingerprint density at radius 2 is 1.75 bits per heavy atom. The fourth-order valence-corrected chi connectivity index (χ4v) is 4.82. The molecule has 0 aliphatic carbocycles. The molecule has 0 amide bonds. The molecule has 0 fully saturated rings. The Morgan fingerprint density at radius 3 is 2.12 bits per heavy atom. The molecule has 4 atom stereocenters. The van der Waals surface area contributed by atoms with Crippen LogP contribution in [0.1, 0.15) is 13.8 Å². The molecule has 0 aliphatic rings. The van der Waals surface area contributed by atoms with Gasteiger partial charge in [-0.25, -0.2) is 0 Å². The van der Waals surface area contributed by atoms with Crippen LogP contribution in [0, 0.1) is 5.92 Å². The van der Waals surface area contributed by atoms with Gasteiger partial charge < -0.3 is 0 Å². The van der Waals surface area contributed by atoms with Crippen molar-refractivity contribution >= 4 is 51.8 Å². The molecule has 0 spiro atoms. The monoisotopic (exact) mass is 299 g/mol. The van der Waals surface area contributed by atoms with Crippen LogP contribution in [-0.2, 0) is 9.59 Å². The van der Waals surface area contributed by atoms with Crippen LogP contribution >= 0.6 is 40.2 Å². The fourth-order valence-electron chi connectivity index (χ4n) is 0.881. The molecule has 0 radical (unpaired) electrons. The van der Waals surface area contributed by atoms with Crippen LogP contribution in [0.4, 0.5) is 0 Å². The second-order valence-electron chi connectivity index (χ2n) is 3.44. The Kier molecular flexibility index (Phi) is 10.4. The molecule has 0 rings (SSSR count). The third kappa shape index (κ3) is 7.24. The molecule has 16 heavy (non-hydrogen) atoms. The normalized spacial score (nSPS) is 14.5. The molecular formula is C9H19NO2P2S2. The highest BCUT2D eigenvalue weighted by Crippen LogP contribution is 2.26. The Bertz CT molecular complexity index is 218. The number of nitrogens with one attached hydrogen (secondary N) is 1. The number of Topliss-reactive ketones (excluding diaryl/α,β-unsaturated/α-hetero) is 2. The maximum Gasteiger partial charge on any atom is 0.147 e. The molecule has 1 N–H and O–H groups in total. The minimum absolute atomic E-state index is 0.113. The molecule has 0 heterocycles. The molecule has 0 aromatic rings. The van der Waals surface area contributed by atoms with Crippen molar-refractivity contribution in [3.63, 3.8) is 0 Å². The molecule has 0 aromatic heterocycles. The van der Waals surface area contributed by atoms with E-state index in [0.29, 0.717) is 0 Å². The molecule has 94 valence electrons. The van der Waals surface area contributed by atoms with E-state index in [0.717, 1.165) is 17.7 Å². The maximum atomic E-state index is 11.2. The standard InChI is InChI=1S/C9H19NO2P2S2/c1-6(11)8(3-13)4-15-16-5-9(10-14)7(2)12/h8-10H,3-5,13-14H2,1-2H3/t8-,9-/m0/s1. The molecule has 2 unspecified atom stereocenters. The van der Waals surface area contributed by atoms with Gasteiger partial charge in [-0.15, -0.1) is 9.24 Å². The van der Waals surface area contributed by atoms with Crippen LogP contribution in [0.15, 0.2) is 0 Å². The SMILES string of the molecule is CC(=O)[C@@H](CP)CSSC[C@H](NP)C(C)=O. The molecule has 7 heteroatoms. The minimum Gasteiger partial charge on any atom is -0.300 e. The largest absolute Gasteiger partial charge is 0.300 e. The van der Waals surface area contributed by atoms with Gasteiger partial charge in [-0.05, 0) is 20.0 Å². The zero-order valence-corrected chi connectivity index (χ0v) is 13.5. The predicted octanol–water partition coefficient (Wildman–Crippen LogP) is 1.79. The van der Waals surface area contributed by atoms with Crippen molar-refractivity contribution in [2.75, 3.05) is 17.7 Å². The number of hydrogen-bond donors (Lipinski definition) is 1. The van der Waals surface area contributed by atoms with Crippen molar-refractivity contribution in [3.8, 4) is 0 Å². The van der Waals surface area contributed by atoms with E-state index >= 15 is 0 Å². The number of rotatable bonds is 9. The van der Waals surface area contributed by atoms with Gasteiger partial charge in [0, 0.05) is 17.4 Å². The Labute approximate surface area is 110 Å². The van der Waals surface area contributed by atoms with E-state index in [4.69, 9.17) is 0 Å². The topological polar surface area (TPSA) is 46.2 Å². The quantitative estimate of drug-likeness (QED) is 0.399. The first-order chi connectivity index (χ1) is 7.52. The smallest absolute Gasteiger partial charge is 0.147 e. The van der Waals surface area contributed by atoms with Gasteiger partial charge in [0.05, 0.1) is 6.04 Å². The van der Waals surface area contributed by atoms with Crippen LogP contribution in [0.5, 0.6) is 0 Å². The highest BCUT2D eigenvalue weighted by molar-refractivity contribution is 8.76. The van der Waals surface area contributed by atoms with Crippen molar-refractivity contribution in [3.05, 3.63) is 0 Å². The van der Waals surface area contributed by atoms with E-state index < -0.39 is 0 Å². The van der Waals surface area contributed by atoms with Crippen LogP contribution in [0.2, 0.25) is 0 Å². The molecule has 0 aromatic carbocycles. The van der Waals surface area contributed by atoms with Gasteiger partial charge in [0.2, 0.25) is 0 Å². The predicted molar refractivity (Wildman–Crippen MR) is 81.0 cm³/mol. The zero-order valence-electron chi connectivity index (χ0n) is 9.56. The summed E-state index contributed by atoms with van der Waals surface area (Å²) in [6.45, 7) is 3.20. The van der Waals surface area contributed by atoms with Crippen molar-refractivity contribution in [2.24, 2.45) is 5.92 Å². The van der Waals surface area contributed by atoms with Gasteiger partial charge >= 0.3 is 0 Å². The Balaban J connectivity index is 3.73. The number of carbonyl (C=O) groups is 2. The highest BCUT2D eigenvalue weighted by atomic mass is 33.1. The van der Waals surface area contributed by atoms with Crippen LogP contribution < -0.4 is 5.09 Å². The van der Waals surface area contributed by atoms with E-state index in [9.17, 15) is 9.59 Å². The van der Waals surface area contributed by atoms with E-state index in [-0.39, 0.29) is 23.5 Å². The van der Waals surface area contributed by atoms with E-state index in [1.54, 1.807) is 35.4 Å². The van der Waals surface area contributed by atoms with Gasteiger partial charge in [0.15, 0.2) is 0 Å². The van der Waals surface area contributed by atoms with Gasteiger partial charge in [0.1, 0.15) is 11.6 Å². The average molecular weight is 299 g/mol. The second-order valence-corrected chi connectivity index (χ2v) is 6.80. The highest BCUT2D eigenvalue weighted by Gasteiger charge is 2.14. The lowest BCUT2D eigenvalue weighted by Gasteiger charge is -2.13. The zero-order chi connectivity index (χ0) is 12.6. The Hall–Kier alpha value is 0.860. The lowest BCUT2D eigenvalue weighted by atomic mass is 10.1. The summed E-state index contributed by atoms with van der Waals surface area (Å²) in [6, 6.07) is -0.116. The first kappa shape index (κ1) is 16.9. The van der Waals surface area contributed by atoms with Crippen molar-refractivity contribution in [1.82, 2.24) is 5.09 Å². The summed E-state index contributed by atoms with van der Waals surface area (Å²) in [5, 5.41) is 2.89. The maximum absolute atomic E-state index is 11.2. The first-order valence-corrected chi connectivity index (χ1v) is 8.82. The number of hydrogen-bond acceptors (Lipinski definition) is 5. The molecule has 0 bridgehead atoms.